The molecule has 1 N–H and O–H groups in total. The van der Waals surface area contributed by atoms with Gasteiger partial charge in [-0.1, -0.05) is 18.2 Å². The molecule has 0 radical (unpaired) electrons. The van der Waals surface area contributed by atoms with E-state index in [9.17, 15) is 9.59 Å². The SMILES string of the molecule is COc1ccc2nc(C)cc(N3CC(CNC(=O)c4ccccc4)OC3=O)c2c1. The van der Waals surface area contributed by atoms with Crippen molar-refractivity contribution in [3.63, 3.8) is 0 Å². The number of benzene rings is 2. The fourth-order valence-corrected chi connectivity index (χ4v) is 3.39. The molecule has 2 heterocycles. The Labute approximate surface area is 168 Å². The molecular weight excluding hydrogens is 370 g/mol. The Morgan fingerprint density at radius 3 is 2.79 bits per heavy atom. The van der Waals surface area contributed by atoms with Crippen LogP contribution in [0, 0.1) is 6.92 Å². The van der Waals surface area contributed by atoms with E-state index in [0.29, 0.717) is 23.5 Å². The first kappa shape index (κ1) is 18.7. The summed E-state index contributed by atoms with van der Waals surface area (Å²) >= 11 is 0. The number of fused-ring (bicyclic) bond motifs is 1. The van der Waals surface area contributed by atoms with Crippen LogP contribution >= 0.6 is 0 Å². The van der Waals surface area contributed by atoms with Crippen molar-refractivity contribution < 1.29 is 19.1 Å². The number of ether oxygens (including phenoxy) is 2. The van der Waals surface area contributed by atoms with Crippen LogP contribution in [0.25, 0.3) is 10.9 Å². The molecule has 4 rings (SSSR count). The fourth-order valence-electron chi connectivity index (χ4n) is 3.39. The van der Waals surface area contributed by atoms with Crippen molar-refractivity contribution in [1.82, 2.24) is 10.3 Å². The maximum absolute atomic E-state index is 12.5. The Balaban J connectivity index is 1.53. The minimum atomic E-state index is -0.446. The number of hydrogen-bond donors (Lipinski definition) is 1. The number of hydrogen-bond acceptors (Lipinski definition) is 5. The minimum Gasteiger partial charge on any atom is -0.497 e. The van der Waals surface area contributed by atoms with E-state index in [1.54, 1.807) is 36.3 Å². The van der Waals surface area contributed by atoms with Crippen LogP contribution in [0.1, 0.15) is 16.1 Å². The van der Waals surface area contributed by atoms with E-state index in [2.05, 4.69) is 10.3 Å². The van der Waals surface area contributed by atoms with E-state index in [0.717, 1.165) is 16.6 Å². The van der Waals surface area contributed by atoms with Crippen LogP contribution in [0.4, 0.5) is 10.5 Å². The Morgan fingerprint density at radius 2 is 2.03 bits per heavy atom. The largest absolute Gasteiger partial charge is 0.497 e. The monoisotopic (exact) mass is 391 g/mol. The Morgan fingerprint density at radius 1 is 1.24 bits per heavy atom. The number of cyclic esters (lactones) is 1. The van der Waals surface area contributed by atoms with Gasteiger partial charge in [0.25, 0.3) is 5.91 Å². The maximum atomic E-state index is 12.5. The van der Waals surface area contributed by atoms with Crippen LogP contribution in [0.5, 0.6) is 5.75 Å². The van der Waals surface area contributed by atoms with Crippen molar-refractivity contribution >= 4 is 28.6 Å². The number of rotatable bonds is 5. The number of amides is 2. The quantitative estimate of drug-likeness (QED) is 0.722. The number of aromatic nitrogens is 1. The van der Waals surface area contributed by atoms with E-state index in [4.69, 9.17) is 9.47 Å². The molecule has 29 heavy (non-hydrogen) atoms. The molecule has 1 unspecified atom stereocenters. The molecule has 1 aromatic heterocycles. The molecule has 0 spiro atoms. The summed E-state index contributed by atoms with van der Waals surface area (Å²) in [7, 11) is 1.60. The molecule has 0 saturated carbocycles. The molecule has 7 nitrogen and oxygen atoms in total. The highest BCUT2D eigenvalue weighted by Gasteiger charge is 2.33. The van der Waals surface area contributed by atoms with Crippen molar-refractivity contribution in [2.75, 3.05) is 25.1 Å². The number of anilines is 1. The number of nitrogens with one attached hydrogen (secondary N) is 1. The lowest BCUT2D eigenvalue weighted by Gasteiger charge is -2.17. The summed E-state index contributed by atoms with van der Waals surface area (Å²) in [5, 5.41) is 3.63. The number of aryl methyl sites for hydroxylation is 1. The Kier molecular flexibility index (Phi) is 5.03. The summed E-state index contributed by atoms with van der Waals surface area (Å²) < 4.78 is 10.8. The zero-order valence-electron chi connectivity index (χ0n) is 16.2. The first-order chi connectivity index (χ1) is 14.0. The Bertz CT molecular complexity index is 1070. The van der Waals surface area contributed by atoms with Crippen molar-refractivity contribution in [1.29, 1.82) is 0 Å². The highest BCUT2D eigenvalue weighted by molar-refractivity contribution is 6.02. The summed E-state index contributed by atoms with van der Waals surface area (Å²) in [6.07, 6.45) is -0.886. The molecule has 0 bridgehead atoms. The van der Waals surface area contributed by atoms with E-state index >= 15 is 0 Å². The predicted octanol–water partition coefficient (Wildman–Crippen LogP) is 3.31. The van der Waals surface area contributed by atoms with Crippen LogP contribution in [0.3, 0.4) is 0 Å². The lowest BCUT2D eigenvalue weighted by molar-refractivity contribution is 0.0916. The third-order valence-corrected chi connectivity index (χ3v) is 4.81. The second kappa shape index (κ2) is 7.79. The van der Waals surface area contributed by atoms with Gasteiger partial charge in [0.15, 0.2) is 0 Å². The zero-order chi connectivity index (χ0) is 20.4. The summed E-state index contributed by atoms with van der Waals surface area (Å²) in [4.78, 5) is 30.9. The molecule has 2 amide bonds. The van der Waals surface area contributed by atoms with Gasteiger partial charge in [-0.25, -0.2) is 4.79 Å². The van der Waals surface area contributed by atoms with Gasteiger partial charge in [0, 0.05) is 16.6 Å². The van der Waals surface area contributed by atoms with Crippen LogP contribution in [-0.4, -0.2) is 43.3 Å². The number of methoxy groups -OCH3 is 1. The van der Waals surface area contributed by atoms with Gasteiger partial charge >= 0.3 is 6.09 Å². The topological polar surface area (TPSA) is 80.8 Å². The fraction of sp³-hybridized carbons (Fsp3) is 0.227. The summed E-state index contributed by atoms with van der Waals surface area (Å²) in [6, 6.07) is 16.3. The average Bonchev–Trinajstić information content (AvgIpc) is 3.12. The van der Waals surface area contributed by atoms with E-state index in [-0.39, 0.29) is 12.5 Å². The average molecular weight is 391 g/mol. The van der Waals surface area contributed by atoms with Crippen LogP contribution in [0.15, 0.2) is 54.6 Å². The molecule has 0 aliphatic carbocycles. The van der Waals surface area contributed by atoms with Gasteiger partial charge in [0.2, 0.25) is 0 Å². The molecular formula is C22H21N3O4. The molecule has 148 valence electrons. The van der Waals surface area contributed by atoms with E-state index in [1.165, 1.54) is 0 Å². The second-order valence-corrected chi connectivity index (χ2v) is 6.86. The molecule has 7 heteroatoms. The molecule has 1 aliphatic heterocycles. The molecule has 1 aliphatic rings. The number of nitrogens with zero attached hydrogens (tertiary/aromatic N) is 2. The normalized spacial score (nSPS) is 16.0. The predicted molar refractivity (Wildman–Crippen MR) is 109 cm³/mol. The maximum Gasteiger partial charge on any atom is 0.414 e. The third-order valence-electron chi connectivity index (χ3n) is 4.81. The van der Waals surface area contributed by atoms with Gasteiger partial charge in [0.1, 0.15) is 11.9 Å². The van der Waals surface area contributed by atoms with Crippen molar-refractivity contribution in [2.45, 2.75) is 13.0 Å². The molecule has 2 aromatic carbocycles. The van der Waals surface area contributed by atoms with Crippen molar-refractivity contribution in [3.8, 4) is 5.75 Å². The molecule has 1 saturated heterocycles. The highest BCUT2D eigenvalue weighted by Crippen LogP contribution is 2.32. The van der Waals surface area contributed by atoms with Gasteiger partial charge in [-0.05, 0) is 43.3 Å². The van der Waals surface area contributed by atoms with Crippen LogP contribution in [0.2, 0.25) is 0 Å². The van der Waals surface area contributed by atoms with Crippen LogP contribution < -0.4 is 15.0 Å². The lowest BCUT2D eigenvalue weighted by atomic mass is 10.1. The standard InChI is InChI=1S/C22H21N3O4/c1-14-10-20(18-11-16(28-2)8-9-19(18)24-14)25-13-17(29-22(25)27)12-23-21(26)15-6-4-3-5-7-15/h3-11,17H,12-13H2,1-2H3,(H,23,26). The lowest BCUT2D eigenvalue weighted by Crippen LogP contribution is -2.34. The zero-order valence-corrected chi connectivity index (χ0v) is 16.2. The van der Waals surface area contributed by atoms with Crippen molar-refractivity contribution in [3.05, 3.63) is 65.9 Å². The van der Waals surface area contributed by atoms with Gasteiger partial charge in [-0.2, -0.15) is 0 Å². The molecule has 3 aromatic rings. The second-order valence-electron chi connectivity index (χ2n) is 6.86. The van der Waals surface area contributed by atoms with E-state index < -0.39 is 12.2 Å². The Hall–Kier alpha value is -3.61. The number of carbonyl (C=O) groups excluding carboxylic acids is 2. The minimum absolute atomic E-state index is 0.199. The summed E-state index contributed by atoms with van der Waals surface area (Å²) in [5.74, 6) is 0.485. The molecule has 1 fully saturated rings. The highest BCUT2D eigenvalue weighted by atomic mass is 16.6. The van der Waals surface area contributed by atoms with Gasteiger partial charge in [-0.3, -0.25) is 14.7 Å². The van der Waals surface area contributed by atoms with Crippen molar-refractivity contribution in [2.24, 2.45) is 0 Å². The summed E-state index contributed by atoms with van der Waals surface area (Å²) in [5.41, 5.74) is 2.85. The first-order valence-electron chi connectivity index (χ1n) is 9.32. The summed E-state index contributed by atoms with van der Waals surface area (Å²) in [6.45, 7) is 2.46. The van der Waals surface area contributed by atoms with Gasteiger partial charge in [-0.15, -0.1) is 0 Å². The molecule has 1 atom stereocenters. The van der Waals surface area contributed by atoms with Gasteiger partial charge in [0.05, 0.1) is 31.4 Å². The number of carbonyl (C=O) groups is 2. The third kappa shape index (κ3) is 3.85. The first-order valence-corrected chi connectivity index (χ1v) is 9.32. The van der Waals surface area contributed by atoms with Gasteiger partial charge < -0.3 is 14.8 Å². The van der Waals surface area contributed by atoms with Crippen LogP contribution in [-0.2, 0) is 4.74 Å². The smallest absolute Gasteiger partial charge is 0.414 e. The number of pyridine rings is 1. The van der Waals surface area contributed by atoms with E-state index in [1.807, 2.05) is 37.3 Å².